The Kier molecular flexibility index (Phi) is 4.62. The molecule has 1 aliphatic rings. The third-order valence-corrected chi connectivity index (χ3v) is 2.37. The first kappa shape index (κ1) is 11.2. The van der Waals surface area contributed by atoms with E-state index in [4.69, 9.17) is 10.2 Å². The molecule has 1 amide bonds. The fourth-order valence-electron chi connectivity index (χ4n) is 1.54. The van der Waals surface area contributed by atoms with Gasteiger partial charge in [0.2, 0.25) is 5.91 Å². The number of amides is 1. The molecule has 1 rings (SSSR count). The van der Waals surface area contributed by atoms with Crippen molar-refractivity contribution in [2.45, 2.75) is 25.3 Å². The molecule has 0 bridgehead atoms. The van der Waals surface area contributed by atoms with E-state index < -0.39 is 6.04 Å². The Bertz CT molecular complexity index is 211. The normalized spacial score (nSPS) is 20.4. The van der Waals surface area contributed by atoms with Gasteiger partial charge in [0, 0.05) is 6.42 Å². The van der Waals surface area contributed by atoms with Crippen LogP contribution in [-0.4, -0.2) is 35.4 Å². The van der Waals surface area contributed by atoms with E-state index in [1.165, 1.54) is 0 Å². The molecule has 1 unspecified atom stereocenters. The minimum absolute atomic E-state index is 0.102. The number of nitrogens with one attached hydrogen (secondary N) is 1. The van der Waals surface area contributed by atoms with E-state index >= 15 is 0 Å². The molecule has 1 aliphatic carbocycles. The molecule has 0 fully saturated rings. The van der Waals surface area contributed by atoms with Gasteiger partial charge in [0.15, 0.2) is 0 Å². The van der Waals surface area contributed by atoms with Gasteiger partial charge in [-0.3, -0.25) is 4.79 Å². The summed E-state index contributed by atoms with van der Waals surface area (Å²) >= 11 is 0. The first-order chi connectivity index (χ1) is 6.76. The molecule has 0 aromatic carbocycles. The molecular weight excluding hydrogens is 182 g/mol. The van der Waals surface area contributed by atoms with Crippen LogP contribution in [0.2, 0.25) is 0 Å². The van der Waals surface area contributed by atoms with Crippen molar-refractivity contribution in [1.29, 1.82) is 0 Å². The molecule has 1 atom stereocenters. The Labute approximate surface area is 83.6 Å². The standard InChI is InChI=1S/C10H17NO3/c12-6-9(7-13)11-10(14)5-8-3-1-2-4-8/h1,3,8-9,12-13H,2,4-7H2,(H,11,14). The fraction of sp³-hybridized carbons (Fsp3) is 0.700. The molecule has 0 saturated heterocycles. The number of hydrogen-bond donors (Lipinski definition) is 3. The van der Waals surface area contributed by atoms with Crippen molar-refractivity contribution in [2.24, 2.45) is 5.92 Å². The molecule has 0 aliphatic heterocycles. The first-order valence-electron chi connectivity index (χ1n) is 4.94. The van der Waals surface area contributed by atoms with Crippen molar-refractivity contribution in [2.75, 3.05) is 13.2 Å². The predicted octanol–water partition coefficient (Wildman–Crippen LogP) is -0.188. The number of hydrogen-bond acceptors (Lipinski definition) is 3. The second-order valence-corrected chi connectivity index (χ2v) is 3.60. The lowest BCUT2D eigenvalue weighted by Gasteiger charge is -2.14. The van der Waals surface area contributed by atoms with Crippen LogP contribution in [0.1, 0.15) is 19.3 Å². The van der Waals surface area contributed by atoms with Crippen LogP contribution < -0.4 is 5.32 Å². The van der Waals surface area contributed by atoms with Crippen LogP contribution in [0.15, 0.2) is 12.2 Å². The van der Waals surface area contributed by atoms with Crippen molar-refractivity contribution in [3.8, 4) is 0 Å². The SMILES string of the molecule is O=C(CC1C=CCC1)NC(CO)CO. The number of allylic oxidation sites excluding steroid dienone is 2. The van der Waals surface area contributed by atoms with Gasteiger partial charge in [0.1, 0.15) is 0 Å². The summed E-state index contributed by atoms with van der Waals surface area (Å²) < 4.78 is 0. The van der Waals surface area contributed by atoms with Gasteiger partial charge in [-0.1, -0.05) is 12.2 Å². The van der Waals surface area contributed by atoms with Crippen molar-refractivity contribution in [3.05, 3.63) is 12.2 Å². The summed E-state index contributed by atoms with van der Waals surface area (Å²) in [6.45, 7) is -0.439. The third kappa shape index (κ3) is 3.47. The molecule has 0 aromatic rings. The predicted molar refractivity (Wildman–Crippen MR) is 52.6 cm³/mol. The highest BCUT2D eigenvalue weighted by Gasteiger charge is 2.16. The van der Waals surface area contributed by atoms with Crippen LogP contribution in [0, 0.1) is 5.92 Å². The topological polar surface area (TPSA) is 69.6 Å². The molecule has 3 N–H and O–H groups in total. The quantitative estimate of drug-likeness (QED) is 0.538. The minimum atomic E-state index is -0.520. The second kappa shape index (κ2) is 5.78. The summed E-state index contributed by atoms with van der Waals surface area (Å²) in [6, 6.07) is -0.520. The van der Waals surface area contributed by atoms with Crippen molar-refractivity contribution >= 4 is 5.91 Å². The maximum Gasteiger partial charge on any atom is 0.220 e. The van der Waals surface area contributed by atoms with Gasteiger partial charge in [-0.2, -0.15) is 0 Å². The first-order valence-corrected chi connectivity index (χ1v) is 4.94. The smallest absolute Gasteiger partial charge is 0.220 e. The lowest BCUT2D eigenvalue weighted by molar-refractivity contribution is -0.123. The highest BCUT2D eigenvalue weighted by atomic mass is 16.3. The Balaban J connectivity index is 2.23. The van der Waals surface area contributed by atoms with Crippen LogP contribution in [0.5, 0.6) is 0 Å². The number of carbonyl (C=O) groups is 1. The Morgan fingerprint density at radius 2 is 2.21 bits per heavy atom. The zero-order valence-electron chi connectivity index (χ0n) is 8.15. The molecule has 0 heterocycles. The van der Waals surface area contributed by atoms with Crippen molar-refractivity contribution in [3.63, 3.8) is 0 Å². The average molecular weight is 199 g/mol. The van der Waals surface area contributed by atoms with Crippen LogP contribution in [0.4, 0.5) is 0 Å². The van der Waals surface area contributed by atoms with Gasteiger partial charge in [-0.25, -0.2) is 0 Å². The Morgan fingerprint density at radius 3 is 2.71 bits per heavy atom. The molecule has 0 aromatic heterocycles. The zero-order valence-corrected chi connectivity index (χ0v) is 8.15. The van der Waals surface area contributed by atoms with Gasteiger partial charge in [0.25, 0.3) is 0 Å². The average Bonchev–Trinajstić information content (AvgIpc) is 2.66. The number of aliphatic hydroxyl groups excluding tert-OH is 2. The molecule has 80 valence electrons. The molecule has 0 radical (unpaired) electrons. The highest BCUT2D eigenvalue weighted by Crippen LogP contribution is 2.19. The number of rotatable bonds is 5. The van der Waals surface area contributed by atoms with Crippen LogP contribution in [0.25, 0.3) is 0 Å². The number of aliphatic hydroxyl groups is 2. The van der Waals surface area contributed by atoms with E-state index in [0.29, 0.717) is 12.3 Å². The summed E-state index contributed by atoms with van der Waals surface area (Å²) in [5, 5.41) is 20.1. The van der Waals surface area contributed by atoms with Crippen molar-refractivity contribution < 1.29 is 15.0 Å². The zero-order chi connectivity index (χ0) is 10.4. The van der Waals surface area contributed by atoms with E-state index in [1.54, 1.807) is 0 Å². The second-order valence-electron chi connectivity index (χ2n) is 3.60. The van der Waals surface area contributed by atoms with Crippen LogP contribution >= 0.6 is 0 Å². The molecular formula is C10H17NO3. The molecule has 0 saturated carbocycles. The summed E-state index contributed by atoms with van der Waals surface area (Å²) in [7, 11) is 0. The van der Waals surface area contributed by atoms with E-state index in [1.807, 2.05) is 6.08 Å². The summed E-state index contributed by atoms with van der Waals surface area (Å²) in [5.74, 6) is 0.225. The molecule has 0 spiro atoms. The minimum Gasteiger partial charge on any atom is -0.394 e. The van der Waals surface area contributed by atoms with Crippen molar-refractivity contribution in [1.82, 2.24) is 5.32 Å². The number of carbonyl (C=O) groups excluding carboxylic acids is 1. The van der Waals surface area contributed by atoms with E-state index in [0.717, 1.165) is 12.8 Å². The Hall–Kier alpha value is -0.870. The summed E-state index contributed by atoms with van der Waals surface area (Å²) in [5.41, 5.74) is 0. The molecule has 4 nitrogen and oxygen atoms in total. The van der Waals surface area contributed by atoms with Gasteiger partial charge in [-0.05, 0) is 18.8 Å². The highest BCUT2D eigenvalue weighted by molar-refractivity contribution is 5.76. The lowest BCUT2D eigenvalue weighted by Crippen LogP contribution is -2.40. The lowest BCUT2D eigenvalue weighted by atomic mass is 10.0. The molecule has 14 heavy (non-hydrogen) atoms. The fourth-order valence-corrected chi connectivity index (χ4v) is 1.54. The van der Waals surface area contributed by atoms with Gasteiger partial charge < -0.3 is 15.5 Å². The van der Waals surface area contributed by atoms with E-state index in [9.17, 15) is 4.79 Å². The largest absolute Gasteiger partial charge is 0.394 e. The maximum absolute atomic E-state index is 11.4. The van der Waals surface area contributed by atoms with Gasteiger partial charge in [-0.15, -0.1) is 0 Å². The van der Waals surface area contributed by atoms with Crippen LogP contribution in [0.3, 0.4) is 0 Å². The Morgan fingerprint density at radius 1 is 1.50 bits per heavy atom. The van der Waals surface area contributed by atoms with Gasteiger partial charge >= 0.3 is 0 Å². The van der Waals surface area contributed by atoms with Gasteiger partial charge in [0.05, 0.1) is 19.3 Å². The van der Waals surface area contributed by atoms with E-state index in [2.05, 4.69) is 11.4 Å². The maximum atomic E-state index is 11.4. The van der Waals surface area contributed by atoms with Crippen LogP contribution in [-0.2, 0) is 4.79 Å². The third-order valence-electron chi connectivity index (χ3n) is 2.37. The summed E-state index contributed by atoms with van der Waals surface area (Å²) in [6.07, 6.45) is 6.64. The van der Waals surface area contributed by atoms with E-state index in [-0.39, 0.29) is 19.1 Å². The summed E-state index contributed by atoms with van der Waals surface area (Å²) in [4.78, 5) is 11.4. The molecule has 4 heteroatoms. The monoisotopic (exact) mass is 199 g/mol.